The Bertz CT molecular complexity index is 1100. The van der Waals surface area contributed by atoms with E-state index in [4.69, 9.17) is 0 Å². The second kappa shape index (κ2) is 7.89. The lowest BCUT2D eigenvalue weighted by atomic mass is 9.84. The van der Waals surface area contributed by atoms with Gasteiger partial charge in [0.25, 0.3) is 0 Å². The molecule has 6 nitrogen and oxygen atoms in total. The van der Waals surface area contributed by atoms with Crippen LogP contribution < -0.4 is 0 Å². The van der Waals surface area contributed by atoms with E-state index in [0.717, 1.165) is 0 Å². The van der Waals surface area contributed by atoms with Crippen LogP contribution in [0.15, 0.2) is 35.9 Å². The Morgan fingerprint density at radius 3 is 2.10 bits per heavy atom. The fraction of sp³-hybridized carbons (Fsp3) is 0.261. The zero-order chi connectivity index (χ0) is 21.3. The van der Waals surface area contributed by atoms with E-state index in [-0.39, 0.29) is 23.1 Å². The smallest absolute Gasteiger partial charge is 0.336 e. The highest BCUT2D eigenvalue weighted by Crippen LogP contribution is 2.50. The molecule has 6 heteroatoms. The van der Waals surface area contributed by atoms with Crippen LogP contribution in [-0.4, -0.2) is 21.3 Å². The van der Waals surface area contributed by atoms with Gasteiger partial charge in [-0.25, -0.2) is 4.79 Å². The highest BCUT2D eigenvalue weighted by Gasteiger charge is 2.35. The molecule has 3 N–H and O–H groups in total. The molecule has 0 amide bonds. The zero-order valence-electron chi connectivity index (χ0n) is 16.1. The quantitative estimate of drug-likeness (QED) is 0.565. The first-order valence-electron chi connectivity index (χ1n) is 9.35. The number of nitrogens with zero attached hydrogens (tertiary/aromatic N) is 2. The van der Waals surface area contributed by atoms with Crippen molar-refractivity contribution in [2.75, 3.05) is 0 Å². The summed E-state index contributed by atoms with van der Waals surface area (Å²) in [6.45, 7) is 3.48. The number of rotatable bonds is 5. The minimum Gasteiger partial charge on any atom is -0.478 e. The van der Waals surface area contributed by atoms with Gasteiger partial charge < -0.3 is 15.3 Å². The molecule has 3 rings (SSSR count). The second-order valence-electron chi connectivity index (χ2n) is 6.85. The van der Waals surface area contributed by atoms with Gasteiger partial charge in [0.05, 0.1) is 17.8 Å². The molecule has 1 aliphatic carbocycles. The first-order chi connectivity index (χ1) is 13.9. The number of allylic oxidation sites excluding steroid dienone is 1. The number of aliphatic hydroxyl groups is 2. The van der Waals surface area contributed by atoms with Gasteiger partial charge in [-0.2, -0.15) is 10.5 Å². The third kappa shape index (κ3) is 3.09. The first-order valence-corrected chi connectivity index (χ1v) is 9.35. The molecule has 146 valence electrons. The number of hydrogen-bond donors (Lipinski definition) is 3. The first kappa shape index (κ1) is 20.3. The van der Waals surface area contributed by atoms with E-state index in [1.165, 1.54) is 0 Å². The average Bonchev–Trinajstić information content (AvgIpc) is 3.06. The van der Waals surface area contributed by atoms with Crippen LogP contribution in [0.3, 0.4) is 0 Å². The highest BCUT2D eigenvalue weighted by atomic mass is 16.4. The molecular formula is C23H20N2O4. The van der Waals surface area contributed by atoms with Gasteiger partial charge in [0.1, 0.15) is 17.7 Å². The summed E-state index contributed by atoms with van der Waals surface area (Å²) in [5, 5.41) is 50.3. The van der Waals surface area contributed by atoms with E-state index >= 15 is 0 Å². The third-order valence-corrected chi connectivity index (χ3v) is 5.29. The van der Waals surface area contributed by atoms with Gasteiger partial charge in [-0.3, -0.25) is 0 Å². The lowest BCUT2D eigenvalue weighted by Gasteiger charge is -2.23. The molecule has 0 aliphatic heterocycles. The Hall–Kier alpha value is -3.45. The Balaban J connectivity index is 2.59. The number of hydrogen-bond acceptors (Lipinski definition) is 5. The van der Waals surface area contributed by atoms with Crippen molar-refractivity contribution in [3.63, 3.8) is 0 Å². The summed E-state index contributed by atoms with van der Waals surface area (Å²) in [6, 6.07) is 12.4. The van der Waals surface area contributed by atoms with Crippen LogP contribution in [0.1, 0.15) is 71.5 Å². The van der Waals surface area contributed by atoms with Crippen LogP contribution in [0.2, 0.25) is 0 Å². The molecule has 0 aromatic heterocycles. The molecule has 0 spiro atoms. The van der Waals surface area contributed by atoms with Gasteiger partial charge in [0.15, 0.2) is 0 Å². The molecular weight excluding hydrogens is 368 g/mol. The van der Waals surface area contributed by atoms with Crippen LogP contribution in [0, 0.1) is 22.7 Å². The van der Waals surface area contributed by atoms with Crippen molar-refractivity contribution in [3.8, 4) is 23.3 Å². The molecule has 0 saturated heterocycles. The predicted molar refractivity (Wildman–Crippen MR) is 107 cm³/mol. The van der Waals surface area contributed by atoms with Crippen molar-refractivity contribution in [3.05, 3.63) is 63.7 Å². The van der Waals surface area contributed by atoms with Gasteiger partial charge in [0, 0.05) is 16.7 Å². The van der Waals surface area contributed by atoms with E-state index in [1.54, 1.807) is 44.2 Å². The molecule has 29 heavy (non-hydrogen) atoms. The molecule has 0 saturated carbocycles. The molecule has 0 bridgehead atoms. The summed E-state index contributed by atoms with van der Waals surface area (Å²) in [4.78, 5) is 12.4. The molecule has 0 radical (unpaired) electrons. The molecule has 2 unspecified atom stereocenters. The number of nitriles is 2. The van der Waals surface area contributed by atoms with Gasteiger partial charge in [-0.05, 0) is 41.2 Å². The number of carbonyl (C=O) groups is 1. The topological polar surface area (TPSA) is 125 Å². The summed E-state index contributed by atoms with van der Waals surface area (Å²) in [6.07, 6.45) is -1.48. The number of carboxylic acid groups (broad SMARTS) is 1. The third-order valence-electron chi connectivity index (χ3n) is 5.29. The highest BCUT2D eigenvalue weighted by molar-refractivity contribution is 6.11. The Morgan fingerprint density at radius 1 is 1.00 bits per heavy atom. The van der Waals surface area contributed by atoms with Gasteiger partial charge in [-0.15, -0.1) is 0 Å². The summed E-state index contributed by atoms with van der Waals surface area (Å²) in [7, 11) is 0. The average molecular weight is 388 g/mol. The molecule has 2 aromatic carbocycles. The Labute approximate surface area is 168 Å². The summed E-state index contributed by atoms with van der Waals surface area (Å²) in [5.41, 5.74) is 2.55. The number of benzene rings is 2. The number of fused-ring (bicyclic) bond motifs is 3. The monoisotopic (exact) mass is 388 g/mol. The molecule has 2 atom stereocenters. The second-order valence-corrected chi connectivity index (χ2v) is 6.85. The van der Waals surface area contributed by atoms with Gasteiger partial charge in [0.2, 0.25) is 0 Å². The van der Waals surface area contributed by atoms with Crippen molar-refractivity contribution in [1.29, 1.82) is 10.5 Å². The Kier molecular flexibility index (Phi) is 5.52. The van der Waals surface area contributed by atoms with Crippen molar-refractivity contribution >= 4 is 11.5 Å². The van der Waals surface area contributed by atoms with E-state index < -0.39 is 18.2 Å². The predicted octanol–water partition coefficient (Wildman–Crippen LogP) is 4.10. The van der Waals surface area contributed by atoms with Gasteiger partial charge in [-0.1, -0.05) is 38.1 Å². The van der Waals surface area contributed by atoms with Crippen molar-refractivity contribution in [2.24, 2.45) is 0 Å². The van der Waals surface area contributed by atoms with Crippen LogP contribution in [0.4, 0.5) is 0 Å². The minimum absolute atomic E-state index is 0.1000. The van der Waals surface area contributed by atoms with Crippen molar-refractivity contribution < 1.29 is 20.1 Å². The number of carboxylic acids is 1. The standard InChI is InChI=1S/C23H20N2O4/c1-3-17(26)15-9-16-19(12(10-24)11-25)13-7-5-6-8-14(13)20(16)22(23(28)29)21(15)18(27)4-2/h5-9,17-18,26-27H,3-4H2,1-2H3,(H,28,29). The maximum absolute atomic E-state index is 12.4. The van der Waals surface area contributed by atoms with Crippen molar-refractivity contribution in [1.82, 2.24) is 0 Å². The van der Waals surface area contributed by atoms with E-state index in [1.807, 2.05) is 12.1 Å². The summed E-state index contributed by atoms with van der Waals surface area (Å²) in [5.74, 6) is -1.24. The van der Waals surface area contributed by atoms with E-state index in [2.05, 4.69) is 0 Å². The van der Waals surface area contributed by atoms with Gasteiger partial charge >= 0.3 is 5.97 Å². The molecule has 0 fully saturated rings. The summed E-state index contributed by atoms with van der Waals surface area (Å²) < 4.78 is 0. The molecule has 2 aromatic rings. The van der Waals surface area contributed by atoms with Crippen molar-refractivity contribution in [2.45, 2.75) is 38.9 Å². The maximum Gasteiger partial charge on any atom is 0.336 e. The lowest BCUT2D eigenvalue weighted by molar-refractivity contribution is 0.0688. The van der Waals surface area contributed by atoms with Crippen LogP contribution >= 0.6 is 0 Å². The van der Waals surface area contributed by atoms with E-state index in [0.29, 0.717) is 39.8 Å². The molecule has 0 heterocycles. The van der Waals surface area contributed by atoms with Crippen LogP contribution in [0.5, 0.6) is 0 Å². The fourth-order valence-electron chi connectivity index (χ4n) is 3.95. The number of aromatic carboxylic acids is 1. The minimum atomic E-state index is -1.24. The van der Waals surface area contributed by atoms with E-state index in [9.17, 15) is 30.6 Å². The number of aliphatic hydroxyl groups excluding tert-OH is 2. The lowest BCUT2D eigenvalue weighted by Crippen LogP contribution is -2.15. The van der Waals surface area contributed by atoms with Crippen LogP contribution in [0.25, 0.3) is 16.7 Å². The summed E-state index contributed by atoms with van der Waals surface area (Å²) >= 11 is 0. The largest absolute Gasteiger partial charge is 0.478 e. The maximum atomic E-state index is 12.4. The normalized spacial score (nSPS) is 13.7. The fourth-order valence-corrected chi connectivity index (χ4v) is 3.95. The zero-order valence-corrected chi connectivity index (χ0v) is 16.1. The van der Waals surface area contributed by atoms with Crippen LogP contribution in [-0.2, 0) is 0 Å². The molecule has 1 aliphatic rings. The Morgan fingerprint density at radius 2 is 1.59 bits per heavy atom. The SMILES string of the molecule is CCC(O)c1cc2c(c(C(=O)O)c1C(O)CC)-c1ccccc1C2=C(C#N)C#N.